The van der Waals surface area contributed by atoms with Crippen LogP contribution >= 0.6 is 0 Å². The standard InChI is InChI=1S/C7H13N5O2/c1-4(2)12-7(9-10-11-12)5(8)3-6(13)14/h4-5H,3,8H2,1-2H3,(H,13,14). The molecule has 1 atom stereocenters. The molecule has 1 unspecified atom stereocenters. The fourth-order valence-corrected chi connectivity index (χ4v) is 1.09. The lowest BCUT2D eigenvalue weighted by Crippen LogP contribution is -2.21. The van der Waals surface area contributed by atoms with Crippen molar-refractivity contribution in [2.24, 2.45) is 5.73 Å². The van der Waals surface area contributed by atoms with Crippen LogP contribution in [0.4, 0.5) is 0 Å². The Morgan fingerprint density at radius 1 is 1.64 bits per heavy atom. The van der Waals surface area contributed by atoms with Crippen LogP contribution in [0, 0.1) is 0 Å². The third kappa shape index (κ3) is 2.25. The van der Waals surface area contributed by atoms with Gasteiger partial charge in [-0.05, 0) is 24.3 Å². The molecule has 7 nitrogen and oxygen atoms in total. The fraction of sp³-hybridized carbons (Fsp3) is 0.714. The number of hydrogen-bond donors (Lipinski definition) is 2. The van der Waals surface area contributed by atoms with Gasteiger partial charge in [0.15, 0.2) is 5.82 Å². The molecule has 0 aliphatic carbocycles. The molecule has 1 aromatic rings. The molecule has 0 aliphatic rings. The molecule has 78 valence electrons. The average molecular weight is 199 g/mol. The first-order chi connectivity index (χ1) is 6.52. The van der Waals surface area contributed by atoms with Gasteiger partial charge in [0.1, 0.15) is 0 Å². The van der Waals surface area contributed by atoms with Gasteiger partial charge in [-0.25, -0.2) is 4.68 Å². The van der Waals surface area contributed by atoms with Crippen molar-refractivity contribution in [2.75, 3.05) is 0 Å². The Bertz CT molecular complexity index is 322. The van der Waals surface area contributed by atoms with E-state index in [4.69, 9.17) is 10.8 Å². The molecule has 0 amide bonds. The third-order valence-electron chi connectivity index (χ3n) is 1.73. The van der Waals surface area contributed by atoms with Crippen LogP contribution in [0.1, 0.15) is 38.2 Å². The van der Waals surface area contributed by atoms with Crippen molar-refractivity contribution in [2.45, 2.75) is 32.4 Å². The van der Waals surface area contributed by atoms with E-state index in [0.29, 0.717) is 5.82 Å². The Kier molecular flexibility index (Phi) is 3.13. The van der Waals surface area contributed by atoms with Gasteiger partial charge < -0.3 is 10.8 Å². The van der Waals surface area contributed by atoms with Crippen molar-refractivity contribution in [1.29, 1.82) is 0 Å². The van der Waals surface area contributed by atoms with Crippen molar-refractivity contribution < 1.29 is 9.90 Å². The second-order valence-corrected chi connectivity index (χ2v) is 3.28. The number of carboxylic acids is 1. The van der Waals surface area contributed by atoms with E-state index < -0.39 is 12.0 Å². The molecule has 0 aliphatic heterocycles. The summed E-state index contributed by atoms with van der Waals surface area (Å²) in [5.41, 5.74) is 5.63. The number of hydrogen-bond acceptors (Lipinski definition) is 5. The molecule has 3 N–H and O–H groups in total. The maximum atomic E-state index is 10.4. The molecule has 1 rings (SSSR count). The van der Waals surface area contributed by atoms with Crippen LogP contribution in [0.15, 0.2) is 0 Å². The molecule has 0 bridgehead atoms. The topological polar surface area (TPSA) is 107 Å². The van der Waals surface area contributed by atoms with Crippen LogP contribution in [-0.2, 0) is 4.79 Å². The summed E-state index contributed by atoms with van der Waals surface area (Å²) in [7, 11) is 0. The van der Waals surface area contributed by atoms with E-state index in [9.17, 15) is 4.79 Å². The van der Waals surface area contributed by atoms with Crippen LogP contribution < -0.4 is 5.73 Å². The predicted molar refractivity (Wildman–Crippen MR) is 47.4 cm³/mol. The number of carboxylic acid groups (broad SMARTS) is 1. The van der Waals surface area contributed by atoms with Crippen LogP contribution in [0.3, 0.4) is 0 Å². The number of rotatable bonds is 4. The van der Waals surface area contributed by atoms with E-state index in [-0.39, 0.29) is 12.5 Å². The second-order valence-electron chi connectivity index (χ2n) is 3.28. The smallest absolute Gasteiger partial charge is 0.305 e. The monoisotopic (exact) mass is 199 g/mol. The SMILES string of the molecule is CC(C)n1nnnc1C(N)CC(=O)O. The van der Waals surface area contributed by atoms with Crippen molar-refractivity contribution in [3.63, 3.8) is 0 Å². The minimum atomic E-state index is -0.962. The van der Waals surface area contributed by atoms with Crippen LogP contribution in [0.2, 0.25) is 0 Å². The molecule has 14 heavy (non-hydrogen) atoms. The molecule has 0 fully saturated rings. The minimum Gasteiger partial charge on any atom is -0.481 e. The third-order valence-corrected chi connectivity index (χ3v) is 1.73. The lowest BCUT2D eigenvalue weighted by Gasteiger charge is -2.11. The van der Waals surface area contributed by atoms with Gasteiger partial charge >= 0.3 is 5.97 Å². The summed E-state index contributed by atoms with van der Waals surface area (Å²) in [6.07, 6.45) is -0.174. The van der Waals surface area contributed by atoms with Crippen LogP contribution in [0.25, 0.3) is 0 Å². The van der Waals surface area contributed by atoms with E-state index in [1.807, 2.05) is 13.8 Å². The summed E-state index contributed by atoms with van der Waals surface area (Å²) >= 11 is 0. The highest BCUT2D eigenvalue weighted by Crippen LogP contribution is 2.13. The number of tetrazole rings is 1. The van der Waals surface area contributed by atoms with E-state index in [1.54, 1.807) is 0 Å². The molecule has 0 radical (unpaired) electrons. The highest BCUT2D eigenvalue weighted by atomic mass is 16.4. The van der Waals surface area contributed by atoms with E-state index >= 15 is 0 Å². The predicted octanol–water partition coefficient (Wildman–Crippen LogP) is -0.272. The van der Waals surface area contributed by atoms with Gasteiger partial charge in [0.25, 0.3) is 0 Å². The molecule has 0 saturated carbocycles. The Morgan fingerprint density at radius 2 is 2.29 bits per heavy atom. The zero-order valence-corrected chi connectivity index (χ0v) is 8.08. The van der Waals surface area contributed by atoms with Gasteiger partial charge in [0.2, 0.25) is 0 Å². The number of carbonyl (C=O) groups is 1. The Morgan fingerprint density at radius 3 is 2.79 bits per heavy atom. The molecule has 0 saturated heterocycles. The van der Waals surface area contributed by atoms with E-state index in [2.05, 4.69) is 15.5 Å². The summed E-state index contributed by atoms with van der Waals surface area (Å²) in [4.78, 5) is 10.4. The Balaban J connectivity index is 2.83. The summed E-state index contributed by atoms with van der Waals surface area (Å²) in [6, 6.07) is -0.593. The number of aliphatic carboxylic acids is 1. The maximum absolute atomic E-state index is 10.4. The second kappa shape index (κ2) is 4.14. The van der Waals surface area contributed by atoms with Gasteiger partial charge in [-0.3, -0.25) is 4.79 Å². The summed E-state index contributed by atoms with van der Waals surface area (Å²) < 4.78 is 1.52. The fourth-order valence-electron chi connectivity index (χ4n) is 1.09. The first-order valence-electron chi connectivity index (χ1n) is 4.27. The van der Waals surface area contributed by atoms with Crippen molar-refractivity contribution in [3.8, 4) is 0 Å². The maximum Gasteiger partial charge on any atom is 0.305 e. The van der Waals surface area contributed by atoms with Crippen molar-refractivity contribution in [1.82, 2.24) is 20.2 Å². The molecule has 1 heterocycles. The largest absolute Gasteiger partial charge is 0.481 e. The summed E-state index contributed by atoms with van der Waals surface area (Å²) in [6.45, 7) is 3.79. The van der Waals surface area contributed by atoms with Crippen molar-refractivity contribution >= 4 is 5.97 Å². The number of aromatic nitrogens is 4. The van der Waals surface area contributed by atoms with Crippen molar-refractivity contribution in [3.05, 3.63) is 5.82 Å². The lowest BCUT2D eigenvalue weighted by molar-refractivity contribution is -0.137. The molecule has 0 aromatic carbocycles. The Hall–Kier alpha value is -1.50. The first kappa shape index (κ1) is 10.6. The average Bonchev–Trinajstić information content (AvgIpc) is 2.49. The van der Waals surface area contributed by atoms with Crippen LogP contribution in [0.5, 0.6) is 0 Å². The molecular formula is C7H13N5O2. The normalized spacial score (nSPS) is 13.1. The molecule has 7 heteroatoms. The molecule has 0 spiro atoms. The van der Waals surface area contributed by atoms with Gasteiger partial charge in [0, 0.05) is 0 Å². The minimum absolute atomic E-state index is 0.0693. The highest BCUT2D eigenvalue weighted by molar-refractivity contribution is 5.67. The van der Waals surface area contributed by atoms with E-state index in [1.165, 1.54) is 4.68 Å². The molecular weight excluding hydrogens is 186 g/mol. The van der Waals surface area contributed by atoms with Gasteiger partial charge in [-0.1, -0.05) is 0 Å². The number of nitrogens with zero attached hydrogens (tertiary/aromatic N) is 4. The highest BCUT2D eigenvalue weighted by Gasteiger charge is 2.19. The summed E-state index contributed by atoms with van der Waals surface area (Å²) in [5.74, 6) is -0.557. The zero-order chi connectivity index (χ0) is 10.7. The quantitative estimate of drug-likeness (QED) is 0.691. The zero-order valence-electron chi connectivity index (χ0n) is 8.08. The van der Waals surface area contributed by atoms with Gasteiger partial charge in [0.05, 0.1) is 18.5 Å². The lowest BCUT2D eigenvalue weighted by atomic mass is 10.2. The molecule has 1 aromatic heterocycles. The van der Waals surface area contributed by atoms with Gasteiger partial charge in [-0.15, -0.1) is 5.10 Å². The number of nitrogens with two attached hydrogens (primary N) is 1. The summed E-state index contributed by atoms with van der Waals surface area (Å²) in [5, 5.41) is 19.4. The Labute approximate surface area is 80.9 Å². The van der Waals surface area contributed by atoms with Crippen LogP contribution in [-0.4, -0.2) is 31.3 Å². The van der Waals surface area contributed by atoms with Gasteiger partial charge in [-0.2, -0.15) is 0 Å². The van der Waals surface area contributed by atoms with E-state index in [0.717, 1.165) is 0 Å². The first-order valence-corrected chi connectivity index (χ1v) is 4.27.